The summed E-state index contributed by atoms with van der Waals surface area (Å²) >= 11 is 0. The minimum Gasteiger partial charge on any atom is -0.496 e. The zero-order valence-corrected chi connectivity index (χ0v) is 13.8. The van der Waals surface area contributed by atoms with Crippen LogP contribution in [-0.4, -0.2) is 44.2 Å². The fraction of sp³-hybridized carbons (Fsp3) is 0.667. The van der Waals surface area contributed by atoms with E-state index in [4.69, 9.17) is 4.74 Å². The van der Waals surface area contributed by atoms with Crippen molar-refractivity contribution in [2.45, 2.75) is 39.2 Å². The molecular weight excluding hydrogens is 260 g/mol. The molecule has 1 heterocycles. The molecule has 1 aliphatic heterocycles. The van der Waals surface area contributed by atoms with Crippen molar-refractivity contribution in [1.29, 1.82) is 0 Å². The predicted octanol–water partition coefficient (Wildman–Crippen LogP) is 2.95. The molecule has 2 unspecified atom stereocenters. The number of hydrogen-bond donors (Lipinski definition) is 1. The number of ether oxygens (including phenoxy) is 1. The van der Waals surface area contributed by atoms with Gasteiger partial charge < -0.3 is 15.0 Å². The van der Waals surface area contributed by atoms with Gasteiger partial charge in [-0.2, -0.15) is 0 Å². The maximum absolute atomic E-state index is 5.46. The van der Waals surface area contributed by atoms with Crippen molar-refractivity contribution in [1.82, 2.24) is 10.2 Å². The van der Waals surface area contributed by atoms with Gasteiger partial charge in [0.25, 0.3) is 0 Å². The SMILES string of the molecule is CCC1CCN(CCc2ccccc2OC)CC(C)CN1. The van der Waals surface area contributed by atoms with E-state index in [1.807, 2.05) is 6.07 Å². The molecular formula is C18H30N2O. The van der Waals surface area contributed by atoms with Gasteiger partial charge >= 0.3 is 0 Å². The Morgan fingerprint density at radius 3 is 2.90 bits per heavy atom. The minimum absolute atomic E-state index is 0.682. The van der Waals surface area contributed by atoms with Crippen molar-refractivity contribution in [3.8, 4) is 5.75 Å². The van der Waals surface area contributed by atoms with Crippen molar-refractivity contribution in [3.05, 3.63) is 29.8 Å². The van der Waals surface area contributed by atoms with Gasteiger partial charge in [0, 0.05) is 19.1 Å². The van der Waals surface area contributed by atoms with Gasteiger partial charge in [0.2, 0.25) is 0 Å². The Bertz CT molecular complexity index is 421. The van der Waals surface area contributed by atoms with Crippen LogP contribution in [0.15, 0.2) is 24.3 Å². The van der Waals surface area contributed by atoms with E-state index in [0.717, 1.165) is 31.2 Å². The van der Waals surface area contributed by atoms with Gasteiger partial charge in [-0.25, -0.2) is 0 Å². The van der Waals surface area contributed by atoms with E-state index in [1.165, 1.54) is 31.5 Å². The molecule has 0 radical (unpaired) electrons. The van der Waals surface area contributed by atoms with E-state index >= 15 is 0 Å². The molecule has 0 bridgehead atoms. The molecule has 1 fully saturated rings. The van der Waals surface area contributed by atoms with Gasteiger partial charge in [-0.1, -0.05) is 32.0 Å². The van der Waals surface area contributed by atoms with E-state index in [0.29, 0.717) is 6.04 Å². The molecule has 118 valence electrons. The van der Waals surface area contributed by atoms with Gasteiger partial charge in [-0.05, 0) is 49.9 Å². The third-order valence-corrected chi connectivity index (χ3v) is 4.50. The second-order valence-electron chi connectivity index (χ2n) is 6.27. The molecule has 2 rings (SSSR count). The monoisotopic (exact) mass is 290 g/mol. The van der Waals surface area contributed by atoms with Crippen molar-refractivity contribution in [2.24, 2.45) is 5.92 Å². The van der Waals surface area contributed by atoms with Crippen LogP contribution in [0.3, 0.4) is 0 Å². The van der Waals surface area contributed by atoms with Crippen molar-refractivity contribution in [2.75, 3.05) is 33.3 Å². The summed E-state index contributed by atoms with van der Waals surface area (Å²) in [4.78, 5) is 2.63. The first kappa shape index (κ1) is 16.3. The van der Waals surface area contributed by atoms with Gasteiger partial charge in [0.1, 0.15) is 5.75 Å². The Morgan fingerprint density at radius 2 is 2.14 bits per heavy atom. The summed E-state index contributed by atoms with van der Waals surface area (Å²) in [6, 6.07) is 9.07. The highest BCUT2D eigenvalue weighted by molar-refractivity contribution is 5.33. The molecule has 1 N–H and O–H groups in total. The summed E-state index contributed by atoms with van der Waals surface area (Å²) in [5, 5.41) is 3.69. The fourth-order valence-corrected chi connectivity index (χ4v) is 3.14. The third-order valence-electron chi connectivity index (χ3n) is 4.50. The predicted molar refractivity (Wildman–Crippen MR) is 89.0 cm³/mol. The van der Waals surface area contributed by atoms with E-state index in [9.17, 15) is 0 Å². The lowest BCUT2D eigenvalue weighted by Crippen LogP contribution is -2.43. The largest absolute Gasteiger partial charge is 0.496 e. The molecule has 1 aromatic carbocycles. The molecule has 1 saturated heterocycles. The minimum atomic E-state index is 0.682. The molecule has 0 amide bonds. The number of rotatable bonds is 5. The summed E-state index contributed by atoms with van der Waals surface area (Å²) < 4.78 is 5.46. The molecule has 3 nitrogen and oxygen atoms in total. The van der Waals surface area contributed by atoms with E-state index < -0.39 is 0 Å². The van der Waals surface area contributed by atoms with E-state index in [2.05, 4.69) is 42.3 Å². The standard InChI is InChI=1S/C18H30N2O/c1-4-17-10-12-20(14-15(2)13-19-17)11-9-16-7-5-6-8-18(16)21-3/h5-8,15,17,19H,4,9-14H2,1-3H3. The summed E-state index contributed by atoms with van der Waals surface area (Å²) in [6.45, 7) is 9.29. The Balaban J connectivity index is 1.91. The smallest absolute Gasteiger partial charge is 0.122 e. The first-order valence-corrected chi connectivity index (χ1v) is 8.30. The molecule has 0 aromatic heterocycles. The van der Waals surface area contributed by atoms with Crippen LogP contribution in [-0.2, 0) is 6.42 Å². The molecule has 0 spiro atoms. The highest BCUT2D eigenvalue weighted by atomic mass is 16.5. The molecule has 1 aromatic rings. The molecule has 1 aliphatic rings. The summed E-state index contributed by atoms with van der Waals surface area (Å²) in [5.41, 5.74) is 1.32. The Labute approximate surface area is 129 Å². The highest BCUT2D eigenvalue weighted by Crippen LogP contribution is 2.18. The second kappa shape index (κ2) is 8.40. The van der Waals surface area contributed by atoms with Gasteiger partial charge in [-0.15, -0.1) is 0 Å². The lowest BCUT2D eigenvalue weighted by Gasteiger charge is -2.32. The van der Waals surface area contributed by atoms with Crippen LogP contribution < -0.4 is 10.1 Å². The van der Waals surface area contributed by atoms with E-state index in [1.54, 1.807) is 7.11 Å². The first-order chi connectivity index (χ1) is 10.2. The maximum Gasteiger partial charge on any atom is 0.122 e. The molecule has 3 heteroatoms. The van der Waals surface area contributed by atoms with Gasteiger partial charge in [-0.3, -0.25) is 0 Å². The lowest BCUT2D eigenvalue weighted by atomic mass is 10.0. The molecule has 0 saturated carbocycles. The van der Waals surface area contributed by atoms with Crippen molar-refractivity contribution in [3.63, 3.8) is 0 Å². The number of para-hydroxylation sites is 1. The highest BCUT2D eigenvalue weighted by Gasteiger charge is 2.17. The van der Waals surface area contributed by atoms with Gasteiger partial charge in [0.05, 0.1) is 7.11 Å². The lowest BCUT2D eigenvalue weighted by molar-refractivity contribution is 0.198. The van der Waals surface area contributed by atoms with Crippen LogP contribution in [0.1, 0.15) is 32.3 Å². The average Bonchev–Trinajstić information content (AvgIpc) is 2.50. The number of methoxy groups -OCH3 is 1. The molecule has 21 heavy (non-hydrogen) atoms. The maximum atomic E-state index is 5.46. The zero-order valence-electron chi connectivity index (χ0n) is 13.8. The van der Waals surface area contributed by atoms with Crippen LogP contribution in [0.5, 0.6) is 5.75 Å². The normalized spacial score (nSPS) is 24.3. The fourth-order valence-electron chi connectivity index (χ4n) is 3.14. The van der Waals surface area contributed by atoms with Crippen LogP contribution in [0.25, 0.3) is 0 Å². The Morgan fingerprint density at radius 1 is 1.33 bits per heavy atom. The molecule has 2 atom stereocenters. The molecule has 0 aliphatic carbocycles. The summed E-state index contributed by atoms with van der Waals surface area (Å²) in [5.74, 6) is 1.74. The van der Waals surface area contributed by atoms with Crippen molar-refractivity contribution >= 4 is 0 Å². The quantitative estimate of drug-likeness (QED) is 0.902. The third kappa shape index (κ3) is 5.01. The van der Waals surface area contributed by atoms with Crippen LogP contribution in [0, 0.1) is 5.92 Å². The summed E-state index contributed by atoms with van der Waals surface area (Å²) in [7, 11) is 1.76. The number of nitrogens with zero attached hydrogens (tertiary/aromatic N) is 1. The van der Waals surface area contributed by atoms with Gasteiger partial charge in [0.15, 0.2) is 0 Å². The van der Waals surface area contributed by atoms with Crippen LogP contribution in [0.2, 0.25) is 0 Å². The first-order valence-electron chi connectivity index (χ1n) is 8.30. The second-order valence-corrected chi connectivity index (χ2v) is 6.27. The van der Waals surface area contributed by atoms with Crippen LogP contribution >= 0.6 is 0 Å². The average molecular weight is 290 g/mol. The zero-order chi connectivity index (χ0) is 15.1. The van der Waals surface area contributed by atoms with E-state index in [-0.39, 0.29) is 0 Å². The summed E-state index contributed by atoms with van der Waals surface area (Å²) in [6.07, 6.45) is 3.56. The number of benzene rings is 1. The van der Waals surface area contributed by atoms with Crippen molar-refractivity contribution < 1.29 is 4.74 Å². The van der Waals surface area contributed by atoms with Crippen LogP contribution in [0.4, 0.5) is 0 Å². The Kier molecular flexibility index (Phi) is 6.52. The Hall–Kier alpha value is -1.06. The number of hydrogen-bond acceptors (Lipinski definition) is 3. The number of nitrogens with one attached hydrogen (secondary N) is 1. The topological polar surface area (TPSA) is 24.5 Å².